The van der Waals surface area contributed by atoms with Gasteiger partial charge >= 0.3 is 0 Å². The average molecular weight is 360 g/mol. The lowest BCUT2D eigenvalue weighted by molar-refractivity contribution is -0.130. The van der Waals surface area contributed by atoms with Crippen LogP contribution < -0.4 is 10.1 Å². The van der Waals surface area contributed by atoms with E-state index >= 15 is 0 Å². The largest absolute Gasteiger partial charge is 0.491 e. The van der Waals surface area contributed by atoms with Crippen LogP contribution in [0.15, 0.2) is 24.3 Å². The van der Waals surface area contributed by atoms with Crippen LogP contribution in [0.2, 0.25) is 0 Å². The van der Waals surface area contributed by atoms with Gasteiger partial charge in [0.15, 0.2) is 0 Å². The van der Waals surface area contributed by atoms with Gasteiger partial charge in [-0.3, -0.25) is 9.59 Å². The van der Waals surface area contributed by atoms with Crippen molar-refractivity contribution >= 4 is 11.8 Å². The van der Waals surface area contributed by atoms with Crippen molar-refractivity contribution in [2.24, 2.45) is 5.92 Å². The molecular weight excluding hydrogens is 328 g/mol. The van der Waals surface area contributed by atoms with Crippen LogP contribution in [0.1, 0.15) is 65.5 Å². The lowest BCUT2D eigenvalue weighted by Gasteiger charge is -2.26. The van der Waals surface area contributed by atoms with Crippen LogP contribution in [0.5, 0.6) is 5.75 Å². The second-order valence-electron chi connectivity index (χ2n) is 7.39. The van der Waals surface area contributed by atoms with Crippen molar-refractivity contribution in [3.8, 4) is 5.75 Å². The molecule has 1 heterocycles. The highest BCUT2D eigenvalue weighted by Crippen LogP contribution is 2.25. The van der Waals surface area contributed by atoms with Gasteiger partial charge in [0.1, 0.15) is 5.75 Å². The molecule has 144 valence electrons. The summed E-state index contributed by atoms with van der Waals surface area (Å²) in [4.78, 5) is 26.8. The Hall–Kier alpha value is -2.04. The van der Waals surface area contributed by atoms with E-state index in [0.717, 1.165) is 24.2 Å². The third-order valence-electron chi connectivity index (χ3n) is 5.00. The molecular formula is C21H32N2O3. The van der Waals surface area contributed by atoms with Gasteiger partial charge in [-0.15, -0.1) is 0 Å². The minimum absolute atomic E-state index is 0.0468. The van der Waals surface area contributed by atoms with E-state index in [4.69, 9.17) is 4.74 Å². The summed E-state index contributed by atoms with van der Waals surface area (Å²) in [6.07, 6.45) is 2.27. The molecule has 0 radical (unpaired) electrons. The molecule has 0 saturated carbocycles. The minimum Gasteiger partial charge on any atom is -0.491 e. The Morgan fingerprint density at radius 2 is 1.96 bits per heavy atom. The van der Waals surface area contributed by atoms with Gasteiger partial charge in [0.25, 0.3) is 0 Å². The standard InChI is InChI=1S/C21H32N2O3/c1-6-18(7-2)23-13-17(12-20(23)24)21(25)22-15(5)16-9-8-10-19(11-16)26-14(3)4/h8-11,14-15,17-18H,6-7,12-13H2,1-5H3,(H,22,25). The van der Waals surface area contributed by atoms with E-state index in [-0.39, 0.29) is 35.9 Å². The van der Waals surface area contributed by atoms with E-state index in [1.807, 2.05) is 49.9 Å². The van der Waals surface area contributed by atoms with Crippen molar-refractivity contribution in [3.05, 3.63) is 29.8 Å². The number of carbonyl (C=O) groups is 2. The fourth-order valence-corrected chi connectivity index (χ4v) is 3.53. The van der Waals surface area contributed by atoms with Crippen LogP contribution in [-0.4, -0.2) is 35.4 Å². The molecule has 1 aliphatic rings. The Kier molecular flexibility index (Phi) is 7.06. The Bertz CT molecular complexity index is 625. The monoisotopic (exact) mass is 360 g/mol. The molecule has 1 N–H and O–H groups in total. The lowest BCUT2D eigenvalue weighted by Crippen LogP contribution is -2.38. The van der Waals surface area contributed by atoms with Crippen LogP contribution in [0.4, 0.5) is 0 Å². The highest BCUT2D eigenvalue weighted by Gasteiger charge is 2.37. The first-order chi connectivity index (χ1) is 12.3. The van der Waals surface area contributed by atoms with Crippen molar-refractivity contribution in [1.29, 1.82) is 0 Å². The molecule has 2 unspecified atom stereocenters. The second-order valence-corrected chi connectivity index (χ2v) is 7.39. The minimum atomic E-state index is -0.263. The first-order valence-electron chi connectivity index (χ1n) is 9.72. The number of amides is 2. The zero-order chi connectivity index (χ0) is 19.3. The summed E-state index contributed by atoms with van der Waals surface area (Å²) in [6, 6.07) is 7.90. The third-order valence-corrected chi connectivity index (χ3v) is 5.00. The molecule has 0 bridgehead atoms. The van der Waals surface area contributed by atoms with E-state index in [1.165, 1.54) is 0 Å². The highest BCUT2D eigenvalue weighted by atomic mass is 16.5. The molecule has 0 aliphatic carbocycles. The number of rotatable bonds is 8. The predicted molar refractivity (Wildman–Crippen MR) is 103 cm³/mol. The van der Waals surface area contributed by atoms with E-state index in [9.17, 15) is 9.59 Å². The van der Waals surface area contributed by atoms with Crippen LogP contribution in [0, 0.1) is 5.92 Å². The van der Waals surface area contributed by atoms with Gasteiger partial charge in [0.2, 0.25) is 11.8 Å². The maximum Gasteiger partial charge on any atom is 0.225 e. The summed E-state index contributed by atoms with van der Waals surface area (Å²) in [6.45, 7) is 10.6. The molecule has 5 heteroatoms. The molecule has 1 fully saturated rings. The predicted octanol–water partition coefficient (Wildman–Crippen LogP) is 3.69. The van der Waals surface area contributed by atoms with Crippen molar-refractivity contribution in [3.63, 3.8) is 0 Å². The average Bonchev–Trinajstić information content (AvgIpc) is 2.98. The van der Waals surface area contributed by atoms with Gasteiger partial charge in [-0.25, -0.2) is 0 Å². The Morgan fingerprint density at radius 3 is 2.58 bits per heavy atom. The molecule has 26 heavy (non-hydrogen) atoms. The van der Waals surface area contributed by atoms with Gasteiger partial charge in [0.05, 0.1) is 18.1 Å². The second kappa shape index (κ2) is 9.06. The first-order valence-corrected chi connectivity index (χ1v) is 9.72. The van der Waals surface area contributed by atoms with Gasteiger partial charge in [-0.05, 0) is 51.3 Å². The van der Waals surface area contributed by atoms with Gasteiger partial charge in [0, 0.05) is 19.0 Å². The van der Waals surface area contributed by atoms with Gasteiger partial charge in [-0.2, -0.15) is 0 Å². The van der Waals surface area contributed by atoms with Crippen molar-refractivity contribution in [2.75, 3.05) is 6.54 Å². The van der Waals surface area contributed by atoms with Gasteiger partial charge in [-0.1, -0.05) is 26.0 Å². The van der Waals surface area contributed by atoms with Crippen LogP contribution >= 0.6 is 0 Å². The molecule has 1 aromatic carbocycles. The van der Waals surface area contributed by atoms with E-state index in [0.29, 0.717) is 13.0 Å². The summed E-state index contributed by atoms with van der Waals surface area (Å²) in [5.41, 5.74) is 0.998. The Labute approximate surface area is 157 Å². The summed E-state index contributed by atoms with van der Waals surface area (Å²) < 4.78 is 5.72. The molecule has 2 rings (SSSR count). The molecule has 1 aromatic rings. The molecule has 1 aliphatic heterocycles. The number of likely N-dealkylation sites (tertiary alicyclic amines) is 1. The van der Waals surface area contributed by atoms with E-state index < -0.39 is 0 Å². The van der Waals surface area contributed by atoms with Gasteiger partial charge < -0.3 is 15.0 Å². The maximum atomic E-state index is 12.7. The molecule has 2 amide bonds. The maximum absolute atomic E-state index is 12.7. The number of hydrogen-bond donors (Lipinski definition) is 1. The number of ether oxygens (including phenoxy) is 1. The number of nitrogens with one attached hydrogen (secondary N) is 1. The Balaban J connectivity index is 1.98. The number of nitrogens with zero attached hydrogens (tertiary/aromatic N) is 1. The molecule has 0 spiro atoms. The van der Waals surface area contributed by atoms with Crippen LogP contribution in [0.3, 0.4) is 0 Å². The zero-order valence-corrected chi connectivity index (χ0v) is 16.6. The van der Waals surface area contributed by atoms with E-state index in [1.54, 1.807) is 0 Å². The Morgan fingerprint density at radius 1 is 1.27 bits per heavy atom. The smallest absolute Gasteiger partial charge is 0.225 e. The molecule has 2 atom stereocenters. The quantitative estimate of drug-likeness (QED) is 0.769. The normalized spacial score (nSPS) is 18.5. The number of carbonyl (C=O) groups excluding carboxylic acids is 2. The summed E-state index contributed by atoms with van der Waals surface area (Å²) in [5, 5.41) is 3.06. The first kappa shape index (κ1) is 20.3. The zero-order valence-electron chi connectivity index (χ0n) is 16.6. The molecule has 0 aromatic heterocycles. The SMILES string of the molecule is CCC(CC)N1CC(C(=O)NC(C)c2cccc(OC(C)C)c2)CC1=O. The van der Waals surface area contributed by atoms with Crippen molar-refractivity contribution in [1.82, 2.24) is 10.2 Å². The number of benzene rings is 1. The van der Waals surface area contributed by atoms with Crippen LogP contribution in [0.25, 0.3) is 0 Å². The fraction of sp³-hybridized carbons (Fsp3) is 0.619. The fourth-order valence-electron chi connectivity index (χ4n) is 3.53. The number of hydrogen-bond acceptors (Lipinski definition) is 3. The highest BCUT2D eigenvalue weighted by molar-refractivity contribution is 5.89. The van der Waals surface area contributed by atoms with Crippen molar-refractivity contribution < 1.29 is 14.3 Å². The topological polar surface area (TPSA) is 58.6 Å². The van der Waals surface area contributed by atoms with E-state index in [2.05, 4.69) is 19.2 Å². The molecule has 1 saturated heterocycles. The summed E-state index contributed by atoms with van der Waals surface area (Å²) in [5.74, 6) is 0.587. The summed E-state index contributed by atoms with van der Waals surface area (Å²) in [7, 11) is 0. The molecule has 5 nitrogen and oxygen atoms in total. The van der Waals surface area contributed by atoms with Crippen molar-refractivity contribution in [2.45, 2.75) is 72.1 Å². The summed E-state index contributed by atoms with van der Waals surface area (Å²) >= 11 is 0. The van der Waals surface area contributed by atoms with Crippen LogP contribution in [-0.2, 0) is 9.59 Å². The lowest BCUT2D eigenvalue weighted by atomic mass is 10.0. The third kappa shape index (κ3) is 4.99.